The fraction of sp³-hybridized carbons (Fsp3) is 0.267. The van der Waals surface area contributed by atoms with Crippen LogP contribution in [0.4, 0.5) is 5.69 Å². The Balaban J connectivity index is 2.32. The summed E-state index contributed by atoms with van der Waals surface area (Å²) in [6.07, 6.45) is 1.56. The largest absolute Gasteiger partial charge is 0.481 e. The number of hydrogen-bond acceptors (Lipinski definition) is 4. The average Bonchev–Trinajstić information content (AvgIpc) is 2.46. The van der Waals surface area contributed by atoms with Gasteiger partial charge < -0.3 is 15.1 Å². The van der Waals surface area contributed by atoms with Crippen molar-refractivity contribution in [2.75, 3.05) is 18.0 Å². The Hall–Kier alpha value is -2.63. The predicted molar refractivity (Wildman–Crippen MR) is 78.5 cm³/mol. The van der Waals surface area contributed by atoms with E-state index in [9.17, 15) is 9.59 Å². The van der Waals surface area contributed by atoms with Crippen LogP contribution in [-0.4, -0.2) is 40.2 Å². The lowest BCUT2D eigenvalue weighted by Gasteiger charge is -2.24. The van der Waals surface area contributed by atoms with Crippen LogP contribution in [-0.2, 0) is 9.59 Å². The van der Waals surface area contributed by atoms with E-state index in [-0.39, 0.29) is 25.9 Å². The molecule has 6 heteroatoms. The molecule has 0 fully saturated rings. The van der Waals surface area contributed by atoms with E-state index < -0.39 is 11.9 Å². The Morgan fingerprint density at radius 3 is 2.24 bits per heavy atom. The minimum Gasteiger partial charge on any atom is -0.481 e. The maximum absolute atomic E-state index is 10.8. The van der Waals surface area contributed by atoms with Gasteiger partial charge in [-0.2, -0.15) is 0 Å². The number of hydrogen-bond donors (Lipinski definition) is 2. The number of fused-ring (bicyclic) bond motifs is 1. The van der Waals surface area contributed by atoms with E-state index in [1.807, 2.05) is 30.3 Å². The number of carboxylic acid groups (broad SMARTS) is 2. The van der Waals surface area contributed by atoms with E-state index in [2.05, 4.69) is 4.98 Å². The van der Waals surface area contributed by atoms with Crippen molar-refractivity contribution >= 4 is 28.5 Å². The molecule has 6 nitrogen and oxygen atoms in total. The van der Waals surface area contributed by atoms with E-state index in [4.69, 9.17) is 10.2 Å². The van der Waals surface area contributed by atoms with Crippen LogP contribution in [0.1, 0.15) is 12.8 Å². The molecule has 0 radical (unpaired) electrons. The molecule has 0 aliphatic carbocycles. The number of nitrogens with zero attached hydrogens (tertiary/aromatic N) is 2. The number of rotatable bonds is 7. The highest BCUT2D eigenvalue weighted by Crippen LogP contribution is 2.25. The summed E-state index contributed by atoms with van der Waals surface area (Å²) in [7, 11) is 0. The smallest absolute Gasteiger partial charge is 0.305 e. The molecule has 0 bridgehead atoms. The van der Waals surface area contributed by atoms with Gasteiger partial charge in [-0.15, -0.1) is 0 Å². The maximum Gasteiger partial charge on any atom is 0.305 e. The molecule has 0 atom stereocenters. The summed E-state index contributed by atoms with van der Waals surface area (Å²) in [4.78, 5) is 27.6. The number of para-hydroxylation sites is 1. The first-order valence-electron chi connectivity index (χ1n) is 6.60. The molecule has 0 amide bonds. The lowest BCUT2D eigenvalue weighted by Crippen LogP contribution is -2.29. The Bertz CT molecular complexity index is 634. The van der Waals surface area contributed by atoms with Gasteiger partial charge in [-0.1, -0.05) is 18.2 Å². The van der Waals surface area contributed by atoms with Gasteiger partial charge in [0.05, 0.1) is 24.0 Å². The fourth-order valence-corrected chi connectivity index (χ4v) is 2.16. The molecule has 0 aliphatic rings. The first kappa shape index (κ1) is 14.8. The SMILES string of the molecule is O=C(O)CCN(CCC(=O)O)c1cccc2cccnc12. The second-order valence-corrected chi connectivity index (χ2v) is 4.63. The third kappa shape index (κ3) is 3.92. The molecule has 21 heavy (non-hydrogen) atoms. The third-order valence-corrected chi connectivity index (χ3v) is 3.14. The van der Waals surface area contributed by atoms with Gasteiger partial charge in [0.2, 0.25) is 0 Å². The van der Waals surface area contributed by atoms with Crippen LogP contribution < -0.4 is 4.90 Å². The number of anilines is 1. The molecule has 2 rings (SSSR count). The van der Waals surface area contributed by atoms with Crippen LogP contribution in [0.5, 0.6) is 0 Å². The summed E-state index contributed by atoms with van der Waals surface area (Å²) in [6.45, 7) is 0.497. The predicted octanol–water partition coefficient (Wildman–Crippen LogP) is 1.99. The number of carboxylic acids is 2. The van der Waals surface area contributed by atoms with Crippen molar-refractivity contribution in [2.45, 2.75) is 12.8 Å². The van der Waals surface area contributed by atoms with E-state index in [1.165, 1.54) is 0 Å². The number of aliphatic carboxylic acids is 2. The highest BCUT2D eigenvalue weighted by atomic mass is 16.4. The lowest BCUT2D eigenvalue weighted by atomic mass is 10.1. The molecule has 0 spiro atoms. The molecule has 1 heterocycles. The molecule has 0 unspecified atom stereocenters. The van der Waals surface area contributed by atoms with Gasteiger partial charge in [0.1, 0.15) is 0 Å². The first-order chi connectivity index (χ1) is 10.1. The highest BCUT2D eigenvalue weighted by Gasteiger charge is 2.13. The van der Waals surface area contributed by atoms with E-state index in [0.717, 1.165) is 16.6 Å². The van der Waals surface area contributed by atoms with Crippen LogP contribution in [0.3, 0.4) is 0 Å². The van der Waals surface area contributed by atoms with Crippen LogP contribution in [0.15, 0.2) is 36.5 Å². The Kier molecular flexibility index (Phi) is 4.71. The van der Waals surface area contributed by atoms with Gasteiger partial charge in [-0.25, -0.2) is 0 Å². The Morgan fingerprint density at radius 1 is 1.00 bits per heavy atom. The second kappa shape index (κ2) is 6.69. The summed E-state index contributed by atoms with van der Waals surface area (Å²) in [5.41, 5.74) is 1.51. The van der Waals surface area contributed by atoms with Crippen molar-refractivity contribution in [3.8, 4) is 0 Å². The maximum atomic E-state index is 10.8. The molecule has 0 saturated heterocycles. The van der Waals surface area contributed by atoms with Gasteiger partial charge in [-0.3, -0.25) is 14.6 Å². The molecular formula is C15H16N2O4. The van der Waals surface area contributed by atoms with Crippen molar-refractivity contribution in [2.24, 2.45) is 0 Å². The number of pyridine rings is 1. The van der Waals surface area contributed by atoms with Crippen molar-refractivity contribution in [1.82, 2.24) is 4.98 Å². The average molecular weight is 288 g/mol. The summed E-state index contributed by atoms with van der Waals surface area (Å²) >= 11 is 0. The summed E-state index contributed by atoms with van der Waals surface area (Å²) in [5.74, 6) is -1.83. The normalized spacial score (nSPS) is 10.5. The molecule has 110 valence electrons. The summed E-state index contributed by atoms with van der Waals surface area (Å²) in [6, 6.07) is 9.34. The van der Waals surface area contributed by atoms with Crippen LogP contribution in [0.2, 0.25) is 0 Å². The van der Waals surface area contributed by atoms with Gasteiger partial charge in [0, 0.05) is 24.7 Å². The molecule has 1 aromatic heterocycles. The van der Waals surface area contributed by atoms with Gasteiger partial charge in [0.25, 0.3) is 0 Å². The number of benzene rings is 1. The Morgan fingerprint density at radius 2 is 1.62 bits per heavy atom. The molecule has 2 N–H and O–H groups in total. The zero-order chi connectivity index (χ0) is 15.2. The number of carbonyl (C=O) groups is 2. The van der Waals surface area contributed by atoms with Crippen molar-refractivity contribution in [3.63, 3.8) is 0 Å². The molecule has 0 saturated carbocycles. The van der Waals surface area contributed by atoms with E-state index in [1.54, 1.807) is 11.1 Å². The van der Waals surface area contributed by atoms with Crippen LogP contribution in [0, 0.1) is 0 Å². The molecular weight excluding hydrogens is 272 g/mol. The van der Waals surface area contributed by atoms with Crippen molar-refractivity contribution in [1.29, 1.82) is 0 Å². The van der Waals surface area contributed by atoms with Crippen molar-refractivity contribution in [3.05, 3.63) is 36.5 Å². The minimum atomic E-state index is -0.913. The minimum absolute atomic E-state index is 0.0527. The van der Waals surface area contributed by atoms with Gasteiger partial charge in [0.15, 0.2) is 0 Å². The third-order valence-electron chi connectivity index (χ3n) is 3.14. The molecule has 2 aromatic rings. The van der Waals surface area contributed by atoms with E-state index in [0.29, 0.717) is 0 Å². The van der Waals surface area contributed by atoms with Gasteiger partial charge in [-0.05, 0) is 12.1 Å². The second-order valence-electron chi connectivity index (χ2n) is 4.63. The molecule has 1 aromatic carbocycles. The summed E-state index contributed by atoms with van der Waals surface area (Å²) < 4.78 is 0. The highest BCUT2D eigenvalue weighted by molar-refractivity contribution is 5.91. The lowest BCUT2D eigenvalue weighted by molar-refractivity contribution is -0.137. The van der Waals surface area contributed by atoms with Crippen LogP contribution in [0.25, 0.3) is 10.9 Å². The topological polar surface area (TPSA) is 90.7 Å². The van der Waals surface area contributed by atoms with Crippen LogP contribution >= 0.6 is 0 Å². The van der Waals surface area contributed by atoms with E-state index >= 15 is 0 Å². The Labute approximate surface area is 121 Å². The number of aromatic nitrogens is 1. The quantitative estimate of drug-likeness (QED) is 0.809. The monoisotopic (exact) mass is 288 g/mol. The summed E-state index contributed by atoms with van der Waals surface area (Å²) in [5, 5.41) is 18.6. The van der Waals surface area contributed by atoms with Crippen molar-refractivity contribution < 1.29 is 19.8 Å². The fourth-order valence-electron chi connectivity index (χ4n) is 2.16. The standard InChI is InChI=1S/C15H16N2O4/c18-13(19)6-9-17(10-7-14(20)21)12-5-1-3-11-4-2-8-16-15(11)12/h1-5,8H,6-7,9-10H2,(H,18,19)(H,20,21). The zero-order valence-corrected chi connectivity index (χ0v) is 11.4. The molecule has 0 aliphatic heterocycles. The van der Waals surface area contributed by atoms with Gasteiger partial charge >= 0.3 is 11.9 Å². The first-order valence-corrected chi connectivity index (χ1v) is 6.60. The zero-order valence-electron chi connectivity index (χ0n) is 11.4.